The van der Waals surface area contributed by atoms with Crippen LogP contribution in [0.2, 0.25) is 0 Å². The van der Waals surface area contributed by atoms with Gasteiger partial charge in [0.15, 0.2) is 10.9 Å². The van der Waals surface area contributed by atoms with Gasteiger partial charge in [0.05, 0.1) is 18.5 Å². The molecule has 4 N–H and O–H groups in total. The number of amides is 2. The number of ether oxygens (including phenoxy) is 1. The van der Waals surface area contributed by atoms with Gasteiger partial charge in [0.1, 0.15) is 5.75 Å². The number of unbranched alkanes of at least 4 members (excludes halogenated alkanes) is 2. The molecule has 0 spiro atoms. The van der Waals surface area contributed by atoms with Gasteiger partial charge < -0.3 is 16.2 Å². The van der Waals surface area contributed by atoms with Crippen LogP contribution in [0.3, 0.4) is 0 Å². The average Bonchev–Trinajstić information content (AvgIpc) is 3.24. The zero-order chi connectivity index (χ0) is 22.2. The molecule has 3 aromatic rings. The minimum Gasteiger partial charge on any atom is -0.497 e. The number of hydrogen-bond acceptors (Lipinski definition) is 7. The van der Waals surface area contributed by atoms with Crippen LogP contribution in [0.25, 0.3) is 11.3 Å². The van der Waals surface area contributed by atoms with E-state index in [0.29, 0.717) is 35.9 Å². The van der Waals surface area contributed by atoms with Crippen LogP contribution in [0.5, 0.6) is 5.75 Å². The lowest BCUT2D eigenvalue weighted by molar-refractivity contribution is -0.118. The summed E-state index contributed by atoms with van der Waals surface area (Å²) < 4.78 is 5.20. The highest BCUT2D eigenvalue weighted by Crippen LogP contribution is 2.34. The number of benzene rings is 1. The second-order valence-corrected chi connectivity index (χ2v) is 7.75. The van der Waals surface area contributed by atoms with Crippen LogP contribution in [0.1, 0.15) is 32.1 Å². The first kappa shape index (κ1) is 22.2. The van der Waals surface area contributed by atoms with Crippen molar-refractivity contribution in [1.29, 1.82) is 0 Å². The predicted octanol–water partition coefficient (Wildman–Crippen LogP) is 3.90. The molecular formula is C22H25N5O3S. The third-order valence-corrected chi connectivity index (χ3v) is 5.49. The lowest BCUT2D eigenvalue weighted by Gasteiger charge is -2.20. The Labute approximate surface area is 184 Å². The van der Waals surface area contributed by atoms with Gasteiger partial charge in [0, 0.05) is 30.0 Å². The smallest absolute Gasteiger partial charge is 0.234 e. The third kappa shape index (κ3) is 5.79. The van der Waals surface area contributed by atoms with E-state index in [1.54, 1.807) is 25.4 Å². The van der Waals surface area contributed by atoms with Crippen LogP contribution in [-0.2, 0) is 9.59 Å². The minimum absolute atomic E-state index is 0.153. The number of nitrogens with two attached hydrogens (primary N) is 2. The topological polar surface area (TPSA) is 124 Å². The van der Waals surface area contributed by atoms with Gasteiger partial charge in [0.2, 0.25) is 11.8 Å². The fourth-order valence-corrected chi connectivity index (χ4v) is 3.89. The van der Waals surface area contributed by atoms with E-state index >= 15 is 0 Å². The molecule has 0 saturated carbocycles. The standard InChI is InChI=1S/C22H25N5O3S/c1-30-16-11-9-15(10-12-16)18-14-31-22(26-18)27(21-17(23)6-5-13-25-21)20(29)8-4-2-3-7-19(24)28/h5-6,9-14H,2-4,7-8,23H2,1H3,(H2,24,28). The molecule has 8 nitrogen and oxygen atoms in total. The predicted molar refractivity (Wildman–Crippen MR) is 122 cm³/mol. The summed E-state index contributed by atoms with van der Waals surface area (Å²) in [7, 11) is 1.62. The van der Waals surface area contributed by atoms with Gasteiger partial charge >= 0.3 is 0 Å². The number of hydrogen-bond donors (Lipinski definition) is 2. The van der Waals surface area contributed by atoms with E-state index in [9.17, 15) is 9.59 Å². The Hall–Kier alpha value is -3.46. The van der Waals surface area contributed by atoms with Crippen molar-refractivity contribution in [2.24, 2.45) is 5.73 Å². The Morgan fingerprint density at radius 3 is 2.52 bits per heavy atom. The van der Waals surface area contributed by atoms with Gasteiger partial charge in [-0.2, -0.15) is 0 Å². The molecule has 0 aliphatic rings. The zero-order valence-corrected chi connectivity index (χ0v) is 18.1. The maximum absolute atomic E-state index is 13.1. The van der Waals surface area contributed by atoms with Crippen molar-refractivity contribution in [3.63, 3.8) is 0 Å². The molecule has 0 bridgehead atoms. The quantitative estimate of drug-likeness (QED) is 0.462. The molecule has 0 saturated heterocycles. The molecular weight excluding hydrogens is 414 g/mol. The van der Waals surface area contributed by atoms with E-state index in [1.807, 2.05) is 29.6 Å². The van der Waals surface area contributed by atoms with E-state index in [-0.39, 0.29) is 18.2 Å². The molecule has 0 aliphatic carbocycles. The van der Waals surface area contributed by atoms with Crippen molar-refractivity contribution in [3.05, 3.63) is 48.0 Å². The number of nitrogen functional groups attached to an aromatic ring is 1. The van der Waals surface area contributed by atoms with Gasteiger partial charge in [-0.1, -0.05) is 6.42 Å². The molecule has 2 aromatic heterocycles. The number of nitrogens with zero attached hydrogens (tertiary/aromatic N) is 3. The van der Waals surface area contributed by atoms with E-state index in [4.69, 9.17) is 16.2 Å². The van der Waals surface area contributed by atoms with Gasteiger partial charge in [-0.05, 0) is 49.2 Å². The normalized spacial score (nSPS) is 10.6. The van der Waals surface area contributed by atoms with Gasteiger partial charge in [-0.15, -0.1) is 11.3 Å². The molecule has 0 unspecified atom stereocenters. The van der Waals surface area contributed by atoms with Crippen molar-refractivity contribution >= 4 is 39.8 Å². The van der Waals surface area contributed by atoms with Gasteiger partial charge in [-0.3, -0.25) is 9.59 Å². The Balaban J connectivity index is 1.81. The molecule has 0 radical (unpaired) electrons. The van der Waals surface area contributed by atoms with Crippen molar-refractivity contribution in [3.8, 4) is 17.0 Å². The fraction of sp³-hybridized carbons (Fsp3) is 0.273. The Morgan fingerprint density at radius 2 is 1.84 bits per heavy atom. The van der Waals surface area contributed by atoms with Crippen LogP contribution in [0.4, 0.5) is 16.6 Å². The molecule has 0 fully saturated rings. The highest BCUT2D eigenvalue weighted by Gasteiger charge is 2.24. The molecule has 2 heterocycles. The summed E-state index contributed by atoms with van der Waals surface area (Å²) in [6.45, 7) is 0. The zero-order valence-electron chi connectivity index (χ0n) is 17.3. The van der Waals surface area contributed by atoms with Crippen molar-refractivity contribution in [2.45, 2.75) is 32.1 Å². The Morgan fingerprint density at radius 1 is 1.10 bits per heavy atom. The molecule has 3 rings (SSSR count). The molecule has 9 heteroatoms. The lowest BCUT2D eigenvalue weighted by atomic mass is 10.1. The summed E-state index contributed by atoms with van der Waals surface area (Å²) in [5, 5.41) is 2.39. The van der Waals surface area contributed by atoms with E-state index in [0.717, 1.165) is 23.4 Å². The van der Waals surface area contributed by atoms with Crippen molar-refractivity contribution < 1.29 is 14.3 Å². The molecule has 2 amide bonds. The SMILES string of the molecule is COc1ccc(-c2csc(N(C(=O)CCCCCC(N)=O)c3ncccc3N)n2)cc1. The monoisotopic (exact) mass is 439 g/mol. The van der Waals surface area contributed by atoms with E-state index in [1.165, 1.54) is 16.2 Å². The minimum atomic E-state index is -0.331. The second kappa shape index (κ2) is 10.5. The first-order valence-corrected chi connectivity index (χ1v) is 10.8. The number of anilines is 3. The summed E-state index contributed by atoms with van der Waals surface area (Å²) in [4.78, 5) is 34.4. The number of rotatable bonds is 10. The number of thiazole rings is 1. The van der Waals surface area contributed by atoms with Crippen molar-refractivity contribution in [2.75, 3.05) is 17.7 Å². The van der Waals surface area contributed by atoms with Gasteiger partial charge in [-0.25, -0.2) is 14.9 Å². The van der Waals surface area contributed by atoms with Crippen LogP contribution < -0.4 is 21.1 Å². The van der Waals surface area contributed by atoms with Crippen LogP contribution in [0.15, 0.2) is 48.0 Å². The highest BCUT2D eigenvalue weighted by atomic mass is 32.1. The first-order valence-electron chi connectivity index (χ1n) is 9.91. The summed E-state index contributed by atoms with van der Waals surface area (Å²) in [5.41, 5.74) is 13.3. The molecule has 1 aromatic carbocycles. The van der Waals surface area contributed by atoms with Crippen molar-refractivity contribution in [1.82, 2.24) is 9.97 Å². The molecule has 162 valence electrons. The van der Waals surface area contributed by atoms with E-state index < -0.39 is 0 Å². The number of aromatic nitrogens is 2. The Bertz CT molecular complexity index is 1040. The maximum atomic E-state index is 13.1. The highest BCUT2D eigenvalue weighted by molar-refractivity contribution is 7.14. The summed E-state index contributed by atoms with van der Waals surface area (Å²) in [5.74, 6) is 0.636. The largest absolute Gasteiger partial charge is 0.497 e. The molecule has 0 aliphatic heterocycles. The average molecular weight is 440 g/mol. The number of pyridine rings is 1. The van der Waals surface area contributed by atoms with Gasteiger partial charge in [0.25, 0.3) is 0 Å². The maximum Gasteiger partial charge on any atom is 0.234 e. The number of primary amides is 1. The molecule has 0 atom stereocenters. The Kier molecular flexibility index (Phi) is 7.55. The van der Waals surface area contributed by atoms with E-state index in [2.05, 4.69) is 9.97 Å². The molecule has 31 heavy (non-hydrogen) atoms. The fourth-order valence-electron chi connectivity index (χ4n) is 3.04. The summed E-state index contributed by atoms with van der Waals surface area (Å²) in [6, 6.07) is 11.0. The van der Waals surface area contributed by atoms with Crippen LogP contribution >= 0.6 is 11.3 Å². The lowest BCUT2D eigenvalue weighted by Crippen LogP contribution is -2.27. The summed E-state index contributed by atoms with van der Waals surface area (Å²) >= 11 is 1.35. The number of carbonyl (C=O) groups excluding carboxylic acids is 2. The second-order valence-electron chi connectivity index (χ2n) is 6.92. The number of carbonyl (C=O) groups is 2. The first-order chi connectivity index (χ1) is 15.0. The number of methoxy groups -OCH3 is 1. The third-order valence-electron chi connectivity index (χ3n) is 4.66. The van der Waals surface area contributed by atoms with Crippen LogP contribution in [0, 0.1) is 0 Å². The summed E-state index contributed by atoms with van der Waals surface area (Å²) in [6.07, 6.45) is 4.22. The van der Waals surface area contributed by atoms with Crippen LogP contribution in [-0.4, -0.2) is 28.9 Å².